The number of nitrogens with zero attached hydrogens (tertiary/aromatic N) is 2. The second kappa shape index (κ2) is 3.23. The van der Waals surface area contributed by atoms with Crippen LogP contribution in [-0.4, -0.2) is 30.1 Å². The van der Waals surface area contributed by atoms with Crippen LogP contribution in [0, 0.1) is 0 Å². The summed E-state index contributed by atoms with van der Waals surface area (Å²) in [5, 5.41) is 7.20. The van der Waals surface area contributed by atoms with Gasteiger partial charge in [-0.3, -0.25) is 0 Å². The van der Waals surface area contributed by atoms with Crippen LogP contribution >= 0.6 is 0 Å². The summed E-state index contributed by atoms with van der Waals surface area (Å²) in [7, 11) is -2.94. The summed E-state index contributed by atoms with van der Waals surface area (Å²) >= 11 is 0. The number of hydrogen-bond donors (Lipinski definition) is 1. The van der Waals surface area contributed by atoms with E-state index in [0.717, 1.165) is 6.42 Å². The summed E-state index contributed by atoms with van der Waals surface area (Å²) < 4.78 is 27.6. The van der Waals surface area contributed by atoms with E-state index in [1.165, 1.54) is 0 Å². The molecule has 2 heterocycles. The largest absolute Gasteiger partial charge is 0.408 e. The highest BCUT2D eigenvalue weighted by Crippen LogP contribution is 2.27. The van der Waals surface area contributed by atoms with Crippen LogP contribution in [0.3, 0.4) is 0 Å². The monoisotopic (exact) mass is 217 g/mol. The van der Waals surface area contributed by atoms with Gasteiger partial charge in [-0.15, -0.1) is 5.10 Å². The van der Waals surface area contributed by atoms with E-state index in [9.17, 15) is 8.42 Å². The minimum absolute atomic E-state index is 0.0111. The summed E-state index contributed by atoms with van der Waals surface area (Å²) in [5.74, 6) is 0.506. The van der Waals surface area contributed by atoms with E-state index < -0.39 is 9.84 Å². The third-order valence-electron chi connectivity index (χ3n) is 2.27. The topological polar surface area (TPSA) is 99.1 Å². The lowest BCUT2D eigenvalue weighted by molar-refractivity contribution is 0.444. The van der Waals surface area contributed by atoms with Crippen molar-refractivity contribution in [3.8, 4) is 0 Å². The van der Waals surface area contributed by atoms with Crippen LogP contribution in [0.1, 0.15) is 24.7 Å². The molecule has 1 fully saturated rings. The molecular weight excluding hydrogens is 206 g/mol. The molecule has 1 aromatic heterocycles. The van der Waals surface area contributed by atoms with Crippen molar-refractivity contribution in [2.24, 2.45) is 0 Å². The smallest absolute Gasteiger partial charge is 0.312 e. The molecule has 0 aromatic carbocycles. The van der Waals surface area contributed by atoms with Crippen molar-refractivity contribution in [2.75, 3.05) is 17.2 Å². The number of anilines is 1. The van der Waals surface area contributed by atoms with Crippen LogP contribution in [0.5, 0.6) is 0 Å². The highest BCUT2D eigenvalue weighted by atomic mass is 32.2. The molecule has 1 aromatic rings. The van der Waals surface area contributed by atoms with Crippen LogP contribution in [0.15, 0.2) is 4.42 Å². The molecular formula is C7H11N3O3S. The first kappa shape index (κ1) is 9.45. The minimum atomic E-state index is -2.94. The zero-order chi connectivity index (χ0) is 10.2. The maximum absolute atomic E-state index is 11.3. The molecule has 0 bridgehead atoms. The predicted octanol–water partition coefficient (Wildman–Crippen LogP) is -0.0560. The Hall–Kier alpha value is -1.11. The molecule has 7 heteroatoms. The summed E-state index contributed by atoms with van der Waals surface area (Å²) in [6.45, 7) is 0. The average molecular weight is 217 g/mol. The van der Waals surface area contributed by atoms with Crippen molar-refractivity contribution < 1.29 is 12.8 Å². The SMILES string of the molecule is Nc1nnc(C2CCCS(=O)(=O)C2)o1. The van der Waals surface area contributed by atoms with Gasteiger partial charge in [0.05, 0.1) is 17.4 Å². The molecule has 2 rings (SSSR count). The van der Waals surface area contributed by atoms with Gasteiger partial charge in [-0.2, -0.15) is 0 Å². The Labute approximate surface area is 81.4 Å². The van der Waals surface area contributed by atoms with Gasteiger partial charge in [-0.1, -0.05) is 5.10 Å². The van der Waals surface area contributed by atoms with Crippen LogP contribution in [0.4, 0.5) is 6.01 Å². The first-order chi connectivity index (χ1) is 6.57. The van der Waals surface area contributed by atoms with E-state index in [1.807, 2.05) is 0 Å². The van der Waals surface area contributed by atoms with E-state index >= 15 is 0 Å². The van der Waals surface area contributed by atoms with Gasteiger partial charge in [-0.05, 0) is 12.8 Å². The van der Waals surface area contributed by atoms with Gasteiger partial charge < -0.3 is 10.2 Å². The lowest BCUT2D eigenvalue weighted by atomic mass is 10.1. The summed E-state index contributed by atoms with van der Waals surface area (Å²) in [5.41, 5.74) is 5.26. The molecule has 1 unspecified atom stereocenters. The maximum atomic E-state index is 11.3. The lowest BCUT2D eigenvalue weighted by Crippen LogP contribution is -2.23. The van der Waals surface area contributed by atoms with Gasteiger partial charge in [0.15, 0.2) is 9.84 Å². The molecule has 0 aliphatic carbocycles. The Morgan fingerprint density at radius 1 is 1.43 bits per heavy atom. The molecule has 14 heavy (non-hydrogen) atoms. The molecule has 78 valence electrons. The van der Waals surface area contributed by atoms with Crippen LogP contribution in [0.25, 0.3) is 0 Å². The molecule has 1 saturated heterocycles. The third-order valence-corrected chi connectivity index (χ3v) is 4.09. The average Bonchev–Trinajstić information content (AvgIpc) is 2.50. The maximum Gasteiger partial charge on any atom is 0.312 e. The number of hydrogen-bond acceptors (Lipinski definition) is 6. The van der Waals surface area contributed by atoms with Gasteiger partial charge >= 0.3 is 6.01 Å². The lowest BCUT2D eigenvalue weighted by Gasteiger charge is -2.18. The van der Waals surface area contributed by atoms with Crippen molar-refractivity contribution in [1.29, 1.82) is 0 Å². The molecule has 0 amide bonds. The number of nitrogens with two attached hydrogens (primary N) is 1. The molecule has 1 aliphatic heterocycles. The Balaban J connectivity index is 2.20. The highest BCUT2D eigenvalue weighted by Gasteiger charge is 2.29. The molecule has 6 nitrogen and oxygen atoms in total. The van der Waals surface area contributed by atoms with Crippen molar-refractivity contribution >= 4 is 15.9 Å². The van der Waals surface area contributed by atoms with Gasteiger partial charge in [0.25, 0.3) is 0 Å². The minimum Gasteiger partial charge on any atom is -0.408 e. The fourth-order valence-corrected chi connectivity index (χ4v) is 3.32. The molecule has 2 N–H and O–H groups in total. The predicted molar refractivity (Wildman–Crippen MR) is 49.3 cm³/mol. The highest BCUT2D eigenvalue weighted by molar-refractivity contribution is 7.91. The molecule has 1 atom stereocenters. The fraction of sp³-hybridized carbons (Fsp3) is 0.714. The first-order valence-electron chi connectivity index (χ1n) is 4.36. The molecule has 0 spiro atoms. The quantitative estimate of drug-likeness (QED) is 0.707. The number of rotatable bonds is 1. The van der Waals surface area contributed by atoms with Crippen molar-refractivity contribution in [2.45, 2.75) is 18.8 Å². The van der Waals surface area contributed by atoms with E-state index in [2.05, 4.69) is 10.2 Å². The number of nitrogen functional groups attached to an aromatic ring is 1. The zero-order valence-corrected chi connectivity index (χ0v) is 8.33. The normalized spacial score (nSPS) is 26.1. The van der Waals surface area contributed by atoms with Crippen molar-refractivity contribution in [3.63, 3.8) is 0 Å². The number of sulfone groups is 1. The molecule has 0 radical (unpaired) electrons. The molecule has 0 saturated carbocycles. The Bertz CT molecular complexity index is 425. The van der Waals surface area contributed by atoms with Gasteiger partial charge in [0.2, 0.25) is 5.89 Å². The summed E-state index contributed by atoms with van der Waals surface area (Å²) in [6.07, 6.45) is 1.41. The molecule has 1 aliphatic rings. The second-order valence-corrected chi connectivity index (χ2v) is 5.66. The Morgan fingerprint density at radius 2 is 2.21 bits per heavy atom. The van der Waals surface area contributed by atoms with Crippen LogP contribution in [-0.2, 0) is 9.84 Å². The Morgan fingerprint density at radius 3 is 2.79 bits per heavy atom. The third kappa shape index (κ3) is 1.87. The Kier molecular flexibility index (Phi) is 2.18. The zero-order valence-electron chi connectivity index (χ0n) is 7.51. The van der Waals surface area contributed by atoms with E-state index in [4.69, 9.17) is 10.2 Å². The summed E-state index contributed by atoms with van der Waals surface area (Å²) in [4.78, 5) is 0. The second-order valence-electron chi connectivity index (χ2n) is 3.43. The van der Waals surface area contributed by atoms with Crippen LogP contribution < -0.4 is 5.73 Å². The van der Waals surface area contributed by atoms with Gasteiger partial charge in [-0.25, -0.2) is 8.42 Å². The fourth-order valence-electron chi connectivity index (χ4n) is 1.63. The standard InChI is InChI=1S/C7H11N3O3S/c8-7-10-9-6(13-7)5-2-1-3-14(11,12)4-5/h5H,1-4H2,(H2,8,10). The van der Waals surface area contributed by atoms with Crippen molar-refractivity contribution in [3.05, 3.63) is 5.89 Å². The van der Waals surface area contributed by atoms with E-state index in [0.29, 0.717) is 12.3 Å². The first-order valence-corrected chi connectivity index (χ1v) is 6.18. The van der Waals surface area contributed by atoms with E-state index in [1.54, 1.807) is 0 Å². The van der Waals surface area contributed by atoms with Crippen molar-refractivity contribution in [1.82, 2.24) is 10.2 Å². The van der Waals surface area contributed by atoms with Gasteiger partial charge in [0, 0.05) is 0 Å². The summed E-state index contributed by atoms with van der Waals surface area (Å²) in [6, 6.07) is -0.0111. The van der Waals surface area contributed by atoms with Crippen LogP contribution in [0.2, 0.25) is 0 Å². The number of aromatic nitrogens is 2. The van der Waals surface area contributed by atoms with E-state index in [-0.39, 0.29) is 23.4 Å². The van der Waals surface area contributed by atoms with Gasteiger partial charge in [0.1, 0.15) is 0 Å².